The second kappa shape index (κ2) is 19.1. The number of hydrogen-bond acceptors (Lipinski definition) is 12. The van der Waals surface area contributed by atoms with Gasteiger partial charge in [0.05, 0.1) is 11.5 Å². The number of likely N-dealkylation sites (N-methyl/N-ethyl adjacent to an activating group) is 1. The van der Waals surface area contributed by atoms with Crippen LogP contribution in [0.2, 0.25) is 0 Å². The monoisotopic (exact) mass is 726 g/mol. The lowest BCUT2D eigenvalue weighted by atomic mass is 10.0. The lowest BCUT2D eigenvalue weighted by Gasteiger charge is -2.28. The highest BCUT2D eigenvalue weighted by molar-refractivity contribution is 5.93. The molecule has 17 heteroatoms. The molecule has 0 aromatic heterocycles. The van der Waals surface area contributed by atoms with Crippen molar-refractivity contribution in [2.24, 2.45) is 5.73 Å². The molecule has 0 radical (unpaired) electrons. The minimum absolute atomic E-state index is 0.0309. The molecule has 1 saturated heterocycles. The van der Waals surface area contributed by atoms with Crippen LogP contribution in [0, 0.1) is 10.1 Å². The second-order valence-corrected chi connectivity index (χ2v) is 13.2. The molecule has 0 saturated carbocycles. The highest BCUT2D eigenvalue weighted by Gasteiger charge is 2.37. The summed E-state index contributed by atoms with van der Waals surface area (Å²) in [5, 5.41) is 15.8. The van der Waals surface area contributed by atoms with Crippen molar-refractivity contribution in [2.45, 2.75) is 83.2 Å². The largest absolute Gasteiger partial charge is 0.460 e. The van der Waals surface area contributed by atoms with Gasteiger partial charge in [0.1, 0.15) is 42.6 Å². The van der Waals surface area contributed by atoms with Gasteiger partial charge in [0.25, 0.3) is 5.69 Å². The van der Waals surface area contributed by atoms with E-state index in [-0.39, 0.29) is 43.9 Å². The molecule has 4 amide bonds. The number of rotatable bonds is 16. The number of carbonyl (C=O) groups excluding carboxylic acids is 6. The lowest BCUT2D eigenvalue weighted by molar-refractivity contribution is -0.384. The second-order valence-electron chi connectivity index (χ2n) is 13.2. The van der Waals surface area contributed by atoms with Crippen LogP contribution in [0.1, 0.15) is 58.4 Å². The van der Waals surface area contributed by atoms with Crippen molar-refractivity contribution in [3.63, 3.8) is 0 Å². The molecule has 0 spiro atoms. The van der Waals surface area contributed by atoms with Crippen molar-refractivity contribution in [3.8, 4) is 5.75 Å². The number of esters is 2. The van der Waals surface area contributed by atoms with E-state index < -0.39 is 77.5 Å². The Hall–Kier alpha value is -5.58. The molecule has 2 aromatic rings. The van der Waals surface area contributed by atoms with Crippen molar-refractivity contribution >= 4 is 41.4 Å². The van der Waals surface area contributed by atoms with Crippen molar-refractivity contribution in [3.05, 3.63) is 70.3 Å². The predicted octanol–water partition coefficient (Wildman–Crippen LogP) is 2.20. The molecule has 1 fully saturated rings. The number of ether oxygens (including phenoxy) is 3. The van der Waals surface area contributed by atoms with E-state index >= 15 is 0 Å². The Kier molecular flexibility index (Phi) is 15.0. The fourth-order valence-corrected chi connectivity index (χ4v) is 5.23. The smallest absolute Gasteiger partial charge is 0.408 e. The molecule has 4 N–H and O–H groups in total. The third kappa shape index (κ3) is 13.3. The number of amides is 4. The van der Waals surface area contributed by atoms with E-state index in [1.807, 2.05) is 18.2 Å². The van der Waals surface area contributed by atoms with Gasteiger partial charge in [-0.1, -0.05) is 30.3 Å². The van der Waals surface area contributed by atoms with E-state index in [0.29, 0.717) is 12.8 Å². The first-order valence-corrected chi connectivity index (χ1v) is 16.8. The Morgan fingerprint density at radius 3 is 2.35 bits per heavy atom. The predicted molar refractivity (Wildman–Crippen MR) is 185 cm³/mol. The van der Waals surface area contributed by atoms with Gasteiger partial charge >= 0.3 is 18.0 Å². The van der Waals surface area contributed by atoms with Gasteiger partial charge in [0.15, 0.2) is 0 Å². The molecule has 52 heavy (non-hydrogen) atoms. The molecule has 1 aliphatic heterocycles. The number of alkyl carbamates (subject to hydrolysis) is 1. The van der Waals surface area contributed by atoms with Crippen LogP contribution in [0.25, 0.3) is 0 Å². The molecule has 282 valence electrons. The third-order valence-electron chi connectivity index (χ3n) is 7.82. The zero-order valence-electron chi connectivity index (χ0n) is 29.7. The Labute approximate surface area is 301 Å². The number of nitrogens with two attached hydrogens (primary N) is 1. The Morgan fingerprint density at radius 1 is 1.04 bits per heavy atom. The number of nitrogens with zero attached hydrogens (tertiary/aromatic N) is 3. The molecule has 3 atom stereocenters. The summed E-state index contributed by atoms with van der Waals surface area (Å²) < 4.78 is 15.8. The summed E-state index contributed by atoms with van der Waals surface area (Å²) in [6.07, 6.45) is 0.345. The number of carbonyl (C=O) groups is 6. The summed E-state index contributed by atoms with van der Waals surface area (Å²) >= 11 is 0. The topological polar surface area (TPSA) is 230 Å². The number of hydrogen-bond donors (Lipinski definition) is 3. The molecular formula is C35H46N6O11. The maximum Gasteiger partial charge on any atom is 0.408 e. The van der Waals surface area contributed by atoms with Gasteiger partial charge < -0.3 is 40.4 Å². The van der Waals surface area contributed by atoms with Gasteiger partial charge in [0, 0.05) is 25.7 Å². The first-order valence-electron chi connectivity index (χ1n) is 16.8. The van der Waals surface area contributed by atoms with Crippen LogP contribution in [0.15, 0.2) is 54.6 Å². The molecule has 17 nitrogen and oxygen atoms in total. The summed E-state index contributed by atoms with van der Waals surface area (Å²) in [4.78, 5) is 90.0. The van der Waals surface area contributed by atoms with Crippen LogP contribution in [0.3, 0.4) is 0 Å². The van der Waals surface area contributed by atoms with E-state index in [9.17, 15) is 38.9 Å². The highest BCUT2D eigenvalue weighted by atomic mass is 16.6. The highest BCUT2D eigenvalue weighted by Crippen LogP contribution is 2.23. The summed E-state index contributed by atoms with van der Waals surface area (Å²) in [6, 6.07) is 10.9. The maximum atomic E-state index is 13.6. The van der Waals surface area contributed by atoms with Crippen LogP contribution in [0.4, 0.5) is 10.5 Å². The minimum Gasteiger partial charge on any atom is -0.460 e. The SMILES string of the molecule is CN(CC(=O)N1CCC[C@H]1C(=O)Oc1ccc([N+](=O)[O-])cc1)C(=O)[C@H](CCCC(N)C(=O)OCc1ccccc1)NC(=O)CNC(=O)OC(C)(C)C. The number of benzene rings is 2. The maximum absolute atomic E-state index is 13.6. The molecule has 2 aromatic carbocycles. The first kappa shape index (κ1) is 40.8. The molecule has 0 bridgehead atoms. The summed E-state index contributed by atoms with van der Waals surface area (Å²) in [5.41, 5.74) is 5.85. The van der Waals surface area contributed by atoms with Crippen molar-refractivity contribution in [2.75, 3.05) is 26.7 Å². The lowest BCUT2D eigenvalue weighted by Crippen LogP contribution is -2.53. The average molecular weight is 727 g/mol. The van der Waals surface area contributed by atoms with E-state index in [1.165, 1.54) is 36.2 Å². The Bertz CT molecular complexity index is 1580. The zero-order valence-corrected chi connectivity index (χ0v) is 29.7. The van der Waals surface area contributed by atoms with Gasteiger partial charge in [-0.15, -0.1) is 0 Å². The van der Waals surface area contributed by atoms with Crippen molar-refractivity contribution in [1.29, 1.82) is 0 Å². The van der Waals surface area contributed by atoms with Gasteiger partial charge in [0.2, 0.25) is 17.7 Å². The van der Waals surface area contributed by atoms with Crippen LogP contribution >= 0.6 is 0 Å². The van der Waals surface area contributed by atoms with Gasteiger partial charge in [-0.05, 0) is 70.6 Å². The van der Waals surface area contributed by atoms with Crippen molar-refractivity contribution in [1.82, 2.24) is 20.4 Å². The normalized spacial score (nSPS) is 15.1. The van der Waals surface area contributed by atoms with Crippen LogP contribution in [0.5, 0.6) is 5.75 Å². The van der Waals surface area contributed by atoms with E-state index in [0.717, 1.165) is 10.5 Å². The Morgan fingerprint density at radius 2 is 1.71 bits per heavy atom. The summed E-state index contributed by atoms with van der Waals surface area (Å²) in [7, 11) is 1.37. The molecular weight excluding hydrogens is 680 g/mol. The average Bonchev–Trinajstić information content (AvgIpc) is 3.59. The number of non-ortho nitro benzene ring substituents is 1. The van der Waals surface area contributed by atoms with E-state index in [2.05, 4.69) is 10.6 Å². The first-order chi connectivity index (χ1) is 24.5. The Balaban J connectivity index is 1.61. The fourth-order valence-electron chi connectivity index (χ4n) is 5.23. The molecule has 1 heterocycles. The number of likely N-dealkylation sites (tertiary alicyclic amines) is 1. The number of nitro groups is 1. The molecule has 3 rings (SSSR count). The number of nitrogens with one attached hydrogen (secondary N) is 2. The van der Waals surface area contributed by atoms with Gasteiger partial charge in [-0.2, -0.15) is 0 Å². The zero-order chi connectivity index (χ0) is 38.4. The minimum atomic E-state index is -1.17. The fraction of sp³-hybridized carbons (Fsp3) is 0.486. The van der Waals surface area contributed by atoms with Crippen molar-refractivity contribution < 1.29 is 47.9 Å². The molecule has 1 unspecified atom stereocenters. The third-order valence-corrected chi connectivity index (χ3v) is 7.82. The van der Waals surface area contributed by atoms with Crippen LogP contribution in [-0.2, 0) is 40.1 Å². The molecule has 1 aliphatic rings. The van der Waals surface area contributed by atoms with Crippen LogP contribution < -0.4 is 21.1 Å². The van der Waals surface area contributed by atoms with Crippen LogP contribution in [-0.4, -0.2) is 101 Å². The van der Waals surface area contributed by atoms with Gasteiger partial charge in [-0.25, -0.2) is 9.59 Å². The summed E-state index contributed by atoms with van der Waals surface area (Å²) in [5.74, 6) is -3.17. The number of nitro benzene ring substituents is 1. The van der Waals surface area contributed by atoms with Gasteiger partial charge in [-0.3, -0.25) is 29.3 Å². The summed E-state index contributed by atoms with van der Waals surface area (Å²) in [6.45, 7) is 4.32. The van der Waals surface area contributed by atoms with E-state index in [4.69, 9.17) is 19.9 Å². The standard InChI is InChI=1S/C35H46N6O11/c1-35(2,3)52-34(47)37-20-29(42)38-27(13-8-12-26(36)32(45)50-22-23-10-6-5-7-11-23)31(44)39(4)21-30(43)40-19-9-14-28(40)33(46)51-25-17-15-24(16-18-25)41(48)49/h5-7,10-11,15-18,26-28H,8-9,12-14,19-22,36H2,1-4H3,(H,37,47)(H,38,42)/t26?,27-,28-/m0/s1. The molecule has 0 aliphatic carbocycles. The van der Waals surface area contributed by atoms with E-state index in [1.54, 1.807) is 32.9 Å². The quantitative estimate of drug-likeness (QED) is 0.0979.